The predicted octanol–water partition coefficient (Wildman–Crippen LogP) is 2.98. The molecule has 88 valence electrons. The first-order valence-corrected chi connectivity index (χ1v) is 6.40. The monoisotopic (exact) mass is 311 g/mol. The molecule has 0 bridgehead atoms. The summed E-state index contributed by atoms with van der Waals surface area (Å²) in [7, 11) is 1.64. The lowest BCUT2D eigenvalue weighted by Crippen LogP contribution is -1.96. The number of aromatic nitrogens is 2. The van der Waals surface area contributed by atoms with Crippen LogP contribution in [-0.2, 0) is 0 Å². The van der Waals surface area contributed by atoms with Crippen LogP contribution in [0.3, 0.4) is 0 Å². The van der Waals surface area contributed by atoms with Gasteiger partial charge in [-0.15, -0.1) is 0 Å². The van der Waals surface area contributed by atoms with Crippen LogP contribution in [-0.4, -0.2) is 17.1 Å². The quantitative estimate of drug-likeness (QED) is 0.883. The van der Waals surface area contributed by atoms with Crippen LogP contribution in [0.15, 0.2) is 44.9 Å². The summed E-state index contributed by atoms with van der Waals surface area (Å²) in [4.78, 5) is 9.05. The average Bonchev–Trinajstić information content (AvgIpc) is 2.34. The number of benzene rings is 1. The number of nitrogens with two attached hydrogens (primary N) is 1. The summed E-state index contributed by atoms with van der Waals surface area (Å²) in [6, 6.07) is 7.74. The number of nitrogens with zero attached hydrogens (tertiary/aromatic N) is 2. The Labute approximate surface area is 112 Å². The van der Waals surface area contributed by atoms with Crippen LogP contribution in [0.2, 0.25) is 0 Å². The highest BCUT2D eigenvalue weighted by Crippen LogP contribution is 2.36. The number of rotatable bonds is 3. The number of hydrogen-bond acceptors (Lipinski definition) is 5. The van der Waals surface area contributed by atoms with Crippen molar-refractivity contribution < 1.29 is 4.74 Å². The Hall–Kier alpha value is -1.27. The number of ether oxygens (including phenoxy) is 1. The summed E-state index contributed by atoms with van der Waals surface area (Å²) in [5.41, 5.74) is 5.56. The molecule has 0 saturated carbocycles. The van der Waals surface area contributed by atoms with Crippen molar-refractivity contribution in [1.82, 2.24) is 9.97 Å². The minimum Gasteiger partial charge on any atom is -0.496 e. The molecule has 1 aromatic carbocycles. The third kappa shape index (κ3) is 2.89. The van der Waals surface area contributed by atoms with Crippen LogP contribution in [0.25, 0.3) is 0 Å². The zero-order chi connectivity index (χ0) is 12.3. The average molecular weight is 312 g/mol. The molecular weight excluding hydrogens is 302 g/mol. The molecule has 0 saturated heterocycles. The Bertz CT molecular complexity index is 536. The molecule has 1 heterocycles. The molecule has 0 aliphatic rings. The molecule has 0 fully saturated rings. The van der Waals surface area contributed by atoms with E-state index in [1.165, 1.54) is 11.8 Å². The number of methoxy groups -OCH3 is 1. The Morgan fingerprint density at radius 1 is 1.35 bits per heavy atom. The molecule has 0 aliphatic heterocycles. The van der Waals surface area contributed by atoms with Gasteiger partial charge in [0.05, 0.1) is 16.5 Å². The van der Waals surface area contributed by atoms with E-state index >= 15 is 0 Å². The predicted molar refractivity (Wildman–Crippen MR) is 71.3 cm³/mol. The van der Waals surface area contributed by atoms with E-state index in [9.17, 15) is 0 Å². The molecule has 2 rings (SSSR count). The highest BCUT2D eigenvalue weighted by Gasteiger charge is 2.09. The lowest BCUT2D eigenvalue weighted by molar-refractivity contribution is 0.405. The number of anilines is 1. The van der Waals surface area contributed by atoms with E-state index in [1.807, 2.05) is 24.3 Å². The zero-order valence-corrected chi connectivity index (χ0v) is 11.5. The van der Waals surface area contributed by atoms with Gasteiger partial charge in [-0.3, -0.25) is 0 Å². The molecule has 17 heavy (non-hydrogen) atoms. The Kier molecular flexibility index (Phi) is 3.86. The zero-order valence-electron chi connectivity index (χ0n) is 9.05. The highest BCUT2D eigenvalue weighted by molar-refractivity contribution is 9.10. The lowest BCUT2D eigenvalue weighted by Gasteiger charge is -2.08. The van der Waals surface area contributed by atoms with Crippen molar-refractivity contribution in [1.29, 1.82) is 0 Å². The highest BCUT2D eigenvalue weighted by atomic mass is 79.9. The van der Waals surface area contributed by atoms with Gasteiger partial charge >= 0.3 is 0 Å². The van der Waals surface area contributed by atoms with Crippen LogP contribution in [0.1, 0.15) is 0 Å². The lowest BCUT2D eigenvalue weighted by atomic mass is 10.3. The Morgan fingerprint density at radius 2 is 2.12 bits per heavy atom. The summed E-state index contributed by atoms with van der Waals surface area (Å²) in [5, 5.41) is 0.766. The topological polar surface area (TPSA) is 61.0 Å². The number of halogens is 1. The van der Waals surface area contributed by atoms with Crippen LogP contribution in [0.4, 0.5) is 5.95 Å². The summed E-state index contributed by atoms with van der Waals surface area (Å²) in [6.45, 7) is 0. The number of nitrogen functional groups attached to an aromatic ring is 1. The molecule has 0 spiro atoms. The van der Waals surface area contributed by atoms with Gasteiger partial charge in [-0.25, -0.2) is 9.97 Å². The largest absolute Gasteiger partial charge is 0.496 e. The van der Waals surface area contributed by atoms with Crippen LogP contribution >= 0.6 is 27.7 Å². The van der Waals surface area contributed by atoms with Crippen LogP contribution in [0.5, 0.6) is 5.75 Å². The van der Waals surface area contributed by atoms with E-state index < -0.39 is 0 Å². The number of hydrogen-bond donors (Lipinski definition) is 1. The smallest absolute Gasteiger partial charge is 0.221 e. The third-order valence-electron chi connectivity index (χ3n) is 2.01. The van der Waals surface area contributed by atoms with Crippen molar-refractivity contribution in [3.05, 3.63) is 34.9 Å². The van der Waals surface area contributed by atoms with Gasteiger partial charge in [0.1, 0.15) is 10.8 Å². The second-order valence-corrected chi connectivity index (χ2v) is 5.02. The molecule has 0 radical (unpaired) electrons. The maximum Gasteiger partial charge on any atom is 0.221 e. The van der Waals surface area contributed by atoms with E-state index in [4.69, 9.17) is 10.5 Å². The molecular formula is C11H10BrN3OS. The van der Waals surface area contributed by atoms with Crippen LogP contribution in [0, 0.1) is 0 Å². The van der Waals surface area contributed by atoms with E-state index in [2.05, 4.69) is 25.9 Å². The van der Waals surface area contributed by atoms with Gasteiger partial charge in [0.15, 0.2) is 0 Å². The van der Waals surface area contributed by atoms with E-state index in [0.717, 1.165) is 20.1 Å². The van der Waals surface area contributed by atoms with Crippen molar-refractivity contribution >= 4 is 33.6 Å². The van der Waals surface area contributed by atoms with Gasteiger partial charge in [-0.2, -0.15) is 0 Å². The van der Waals surface area contributed by atoms with E-state index in [-0.39, 0.29) is 5.95 Å². The second kappa shape index (κ2) is 5.37. The maximum absolute atomic E-state index is 5.56. The second-order valence-electron chi connectivity index (χ2n) is 3.13. The molecule has 0 atom stereocenters. The standard InChI is InChI=1S/C11H10BrN3OS/c1-16-8-4-2-3-5-9(8)17-10-7(12)6-14-11(13)15-10/h2-6H,1H3,(H2,13,14,15). The van der Waals surface area contributed by atoms with E-state index in [1.54, 1.807) is 13.3 Å². The van der Waals surface area contributed by atoms with E-state index in [0.29, 0.717) is 0 Å². The van der Waals surface area contributed by atoms with Gasteiger partial charge in [-0.1, -0.05) is 23.9 Å². The summed E-state index contributed by atoms with van der Waals surface area (Å²) in [6.07, 6.45) is 1.64. The summed E-state index contributed by atoms with van der Waals surface area (Å²) in [5.74, 6) is 1.06. The first kappa shape index (κ1) is 12.2. The molecule has 0 aliphatic carbocycles. The fraction of sp³-hybridized carbons (Fsp3) is 0.0909. The number of para-hydroxylation sites is 1. The first-order chi connectivity index (χ1) is 8.20. The van der Waals surface area contributed by atoms with Gasteiger partial charge in [-0.05, 0) is 28.1 Å². The minimum absolute atomic E-state index is 0.255. The van der Waals surface area contributed by atoms with Crippen molar-refractivity contribution in [3.8, 4) is 5.75 Å². The fourth-order valence-electron chi connectivity index (χ4n) is 1.24. The van der Waals surface area contributed by atoms with Gasteiger partial charge < -0.3 is 10.5 Å². The van der Waals surface area contributed by atoms with Crippen molar-refractivity contribution in [2.24, 2.45) is 0 Å². The molecule has 4 nitrogen and oxygen atoms in total. The van der Waals surface area contributed by atoms with Gasteiger partial charge in [0.2, 0.25) is 5.95 Å². The van der Waals surface area contributed by atoms with Gasteiger partial charge in [0, 0.05) is 6.20 Å². The molecule has 6 heteroatoms. The first-order valence-electron chi connectivity index (χ1n) is 4.79. The maximum atomic E-state index is 5.56. The molecule has 0 unspecified atom stereocenters. The Morgan fingerprint density at radius 3 is 2.88 bits per heavy atom. The SMILES string of the molecule is COc1ccccc1Sc1nc(N)ncc1Br. The van der Waals surface area contributed by atoms with Crippen LogP contribution < -0.4 is 10.5 Å². The summed E-state index contributed by atoms with van der Waals surface area (Å²) < 4.78 is 6.08. The molecule has 2 N–H and O–H groups in total. The fourth-order valence-corrected chi connectivity index (χ4v) is 2.57. The van der Waals surface area contributed by atoms with Crippen molar-refractivity contribution in [2.45, 2.75) is 9.92 Å². The molecule has 0 amide bonds. The van der Waals surface area contributed by atoms with Crippen molar-refractivity contribution in [2.75, 3.05) is 12.8 Å². The van der Waals surface area contributed by atoms with Crippen molar-refractivity contribution in [3.63, 3.8) is 0 Å². The minimum atomic E-state index is 0.255. The normalized spacial score (nSPS) is 10.2. The third-order valence-corrected chi connectivity index (χ3v) is 3.91. The Balaban J connectivity index is 2.34. The molecule has 1 aromatic heterocycles. The molecule has 2 aromatic rings. The summed E-state index contributed by atoms with van der Waals surface area (Å²) >= 11 is 4.87. The van der Waals surface area contributed by atoms with Gasteiger partial charge in [0.25, 0.3) is 0 Å².